The van der Waals surface area contributed by atoms with Gasteiger partial charge in [-0.3, -0.25) is 4.90 Å². The van der Waals surface area contributed by atoms with E-state index >= 15 is 0 Å². The van der Waals surface area contributed by atoms with Crippen LogP contribution in [0, 0.1) is 0 Å². The highest BCUT2D eigenvalue weighted by Gasteiger charge is 2.27. The van der Waals surface area contributed by atoms with E-state index in [4.69, 9.17) is 4.74 Å². The molecule has 5 nitrogen and oxygen atoms in total. The summed E-state index contributed by atoms with van der Waals surface area (Å²) in [7, 11) is 1.90. The smallest absolute Gasteiger partial charge is 0.317 e. The number of hydrogen-bond acceptors (Lipinski definition) is 4. The summed E-state index contributed by atoms with van der Waals surface area (Å²) in [4.78, 5) is 16.6. The number of urea groups is 1. The van der Waals surface area contributed by atoms with Crippen LogP contribution >= 0.6 is 11.8 Å². The van der Waals surface area contributed by atoms with E-state index in [1.807, 2.05) is 23.7 Å². The normalized spacial score (nSPS) is 26.6. The average molecular weight is 330 g/mol. The van der Waals surface area contributed by atoms with Crippen molar-refractivity contribution in [3.05, 3.63) is 0 Å². The van der Waals surface area contributed by atoms with E-state index in [0.29, 0.717) is 11.3 Å². The predicted molar refractivity (Wildman–Crippen MR) is 92.6 cm³/mol. The van der Waals surface area contributed by atoms with Gasteiger partial charge in [0.2, 0.25) is 0 Å². The topological polar surface area (TPSA) is 44.8 Å². The molecule has 1 heterocycles. The molecule has 2 atom stereocenters. The van der Waals surface area contributed by atoms with Crippen LogP contribution in [-0.4, -0.2) is 79.3 Å². The molecule has 2 fully saturated rings. The Hall–Kier alpha value is -0.460. The van der Waals surface area contributed by atoms with Gasteiger partial charge in [-0.05, 0) is 18.6 Å². The first-order valence-corrected chi connectivity index (χ1v) is 9.69. The summed E-state index contributed by atoms with van der Waals surface area (Å²) in [5.41, 5.74) is 0. The minimum atomic E-state index is 0.0851. The molecule has 1 saturated heterocycles. The zero-order valence-corrected chi connectivity index (χ0v) is 14.9. The third-order valence-corrected chi connectivity index (χ3v) is 5.92. The molecule has 2 aliphatic rings. The number of rotatable bonds is 6. The lowest BCUT2D eigenvalue weighted by atomic mass is 9.95. The van der Waals surface area contributed by atoms with E-state index in [0.717, 1.165) is 51.6 Å². The van der Waals surface area contributed by atoms with E-state index in [1.54, 1.807) is 0 Å². The molecule has 1 saturated carbocycles. The van der Waals surface area contributed by atoms with Gasteiger partial charge in [0.1, 0.15) is 0 Å². The second-order valence-electron chi connectivity index (χ2n) is 6.21. The fourth-order valence-corrected chi connectivity index (χ4v) is 4.36. The summed E-state index contributed by atoms with van der Waals surface area (Å²) >= 11 is 1.99. The fourth-order valence-electron chi connectivity index (χ4n) is 3.16. The molecule has 0 bridgehead atoms. The molecule has 22 heavy (non-hydrogen) atoms. The van der Waals surface area contributed by atoms with Gasteiger partial charge in [0.15, 0.2) is 0 Å². The molecule has 2 rings (SSSR count). The lowest BCUT2D eigenvalue weighted by Gasteiger charge is -2.33. The van der Waals surface area contributed by atoms with Crippen LogP contribution in [0.2, 0.25) is 0 Å². The van der Waals surface area contributed by atoms with Gasteiger partial charge in [-0.15, -0.1) is 0 Å². The molecule has 6 heteroatoms. The van der Waals surface area contributed by atoms with Gasteiger partial charge in [0, 0.05) is 44.5 Å². The first-order valence-electron chi connectivity index (χ1n) is 8.64. The number of nitrogens with zero attached hydrogens (tertiary/aromatic N) is 2. The molecule has 128 valence electrons. The van der Waals surface area contributed by atoms with Crippen molar-refractivity contribution in [2.24, 2.45) is 0 Å². The molecule has 1 N–H and O–H groups in total. The Balaban J connectivity index is 1.72. The summed E-state index contributed by atoms with van der Waals surface area (Å²) in [5.74, 6) is 1.13. The number of likely N-dealkylation sites (N-methyl/N-ethyl adjacent to an activating group) is 1. The summed E-state index contributed by atoms with van der Waals surface area (Å²) in [5, 5.41) is 3.86. The Morgan fingerprint density at radius 1 is 1.32 bits per heavy atom. The van der Waals surface area contributed by atoms with E-state index in [9.17, 15) is 4.79 Å². The highest BCUT2D eigenvalue weighted by molar-refractivity contribution is 7.99. The van der Waals surface area contributed by atoms with Gasteiger partial charge < -0.3 is 15.0 Å². The zero-order chi connectivity index (χ0) is 15.8. The fraction of sp³-hybridized carbons (Fsp3) is 0.938. The van der Waals surface area contributed by atoms with Crippen molar-refractivity contribution in [2.45, 2.75) is 43.9 Å². The van der Waals surface area contributed by atoms with Crippen molar-refractivity contribution in [1.29, 1.82) is 0 Å². The standard InChI is InChI=1S/C16H31N3O2S/c1-3-22-15-7-5-4-6-14(15)17-16(20)18(2)8-9-19-10-12-21-13-11-19/h14-15H,3-13H2,1-2H3,(H,17,20)/t14-,15-/m0/s1. The van der Waals surface area contributed by atoms with Crippen molar-refractivity contribution >= 4 is 17.8 Å². The van der Waals surface area contributed by atoms with E-state index in [2.05, 4.69) is 17.1 Å². The van der Waals surface area contributed by atoms with Crippen LogP contribution < -0.4 is 5.32 Å². The second kappa shape index (κ2) is 9.63. The Labute approximate surface area is 139 Å². The van der Waals surface area contributed by atoms with Crippen LogP contribution in [0.25, 0.3) is 0 Å². The minimum absolute atomic E-state index is 0.0851. The van der Waals surface area contributed by atoms with Gasteiger partial charge in [0.25, 0.3) is 0 Å². The minimum Gasteiger partial charge on any atom is -0.379 e. The quantitative estimate of drug-likeness (QED) is 0.810. The van der Waals surface area contributed by atoms with Crippen LogP contribution in [0.3, 0.4) is 0 Å². The largest absolute Gasteiger partial charge is 0.379 e. The predicted octanol–water partition coefficient (Wildman–Crippen LogP) is 2.02. The molecule has 0 aromatic heterocycles. The lowest BCUT2D eigenvalue weighted by molar-refractivity contribution is 0.0356. The maximum Gasteiger partial charge on any atom is 0.317 e. The number of ether oxygens (including phenoxy) is 1. The van der Waals surface area contributed by atoms with E-state index in [-0.39, 0.29) is 6.03 Å². The van der Waals surface area contributed by atoms with Crippen LogP contribution in [0.5, 0.6) is 0 Å². The van der Waals surface area contributed by atoms with Crippen LogP contribution in [0.4, 0.5) is 4.79 Å². The summed E-state index contributed by atoms with van der Waals surface area (Å²) < 4.78 is 5.35. The molecule has 2 amide bonds. The Bertz CT molecular complexity index is 335. The van der Waals surface area contributed by atoms with E-state index < -0.39 is 0 Å². The average Bonchev–Trinajstić information content (AvgIpc) is 2.55. The van der Waals surface area contributed by atoms with Crippen LogP contribution in [0.1, 0.15) is 32.6 Å². The third kappa shape index (κ3) is 5.63. The Morgan fingerprint density at radius 2 is 2.05 bits per heavy atom. The maximum atomic E-state index is 12.4. The zero-order valence-electron chi connectivity index (χ0n) is 14.1. The number of morpholine rings is 1. The number of hydrogen-bond donors (Lipinski definition) is 1. The number of carbonyl (C=O) groups excluding carboxylic acids is 1. The first-order chi connectivity index (χ1) is 10.7. The SMILES string of the molecule is CCS[C@H]1CCCC[C@@H]1NC(=O)N(C)CCN1CCOCC1. The van der Waals surface area contributed by atoms with Crippen LogP contribution in [0.15, 0.2) is 0 Å². The van der Waals surface area contributed by atoms with Crippen LogP contribution in [-0.2, 0) is 4.74 Å². The number of carbonyl (C=O) groups is 1. The molecule has 1 aliphatic carbocycles. The highest BCUT2D eigenvalue weighted by Crippen LogP contribution is 2.28. The van der Waals surface area contributed by atoms with Crippen molar-refractivity contribution in [1.82, 2.24) is 15.1 Å². The summed E-state index contributed by atoms with van der Waals surface area (Å²) in [6.07, 6.45) is 4.90. The van der Waals surface area contributed by atoms with Gasteiger partial charge in [0.05, 0.1) is 13.2 Å². The lowest BCUT2D eigenvalue weighted by Crippen LogP contribution is -2.50. The second-order valence-corrected chi connectivity index (χ2v) is 7.73. The Morgan fingerprint density at radius 3 is 2.77 bits per heavy atom. The van der Waals surface area contributed by atoms with Crippen molar-refractivity contribution in [3.63, 3.8) is 0 Å². The van der Waals surface area contributed by atoms with Gasteiger partial charge in [-0.2, -0.15) is 11.8 Å². The monoisotopic (exact) mass is 329 g/mol. The third-order valence-electron chi connectivity index (χ3n) is 4.59. The van der Waals surface area contributed by atoms with Gasteiger partial charge in [-0.25, -0.2) is 4.79 Å². The highest BCUT2D eigenvalue weighted by atomic mass is 32.2. The van der Waals surface area contributed by atoms with E-state index in [1.165, 1.54) is 19.3 Å². The molecule has 0 radical (unpaired) electrons. The molecular weight excluding hydrogens is 298 g/mol. The molecule has 0 aromatic rings. The number of amides is 2. The maximum absolute atomic E-state index is 12.4. The molecule has 0 spiro atoms. The van der Waals surface area contributed by atoms with Gasteiger partial charge in [-0.1, -0.05) is 19.8 Å². The van der Waals surface area contributed by atoms with Crippen molar-refractivity contribution < 1.29 is 9.53 Å². The first kappa shape index (κ1) is 17.9. The Kier molecular flexibility index (Phi) is 7.83. The summed E-state index contributed by atoms with van der Waals surface area (Å²) in [6.45, 7) is 7.50. The van der Waals surface area contributed by atoms with Gasteiger partial charge >= 0.3 is 6.03 Å². The summed E-state index contributed by atoms with van der Waals surface area (Å²) in [6, 6.07) is 0.430. The molecule has 0 unspecified atom stereocenters. The molecule has 1 aliphatic heterocycles. The van der Waals surface area contributed by atoms with Crippen molar-refractivity contribution in [2.75, 3.05) is 52.2 Å². The molecular formula is C16H31N3O2S. The van der Waals surface area contributed by atoms with Crippen molar-refractivity contribution in [3.8, 4) is 0 Å². The number of thioether (sulfide) groups is 1. The molecule has 0 aromatic carbocycles. The number of nitrogens with one attached hydrogen (secondary N) is 1.